The van der Waals surface area contributed by atoms with Crippen molar-refractivity contribution in [1.29, 1.82) is 0 Å². The van der Waals surface area contributed by atoms with Crippen molar-refractivity contribution in [2.75, 3.05) is 10.6 Å². The average molecular weight is 413 g/mol. The first kappa shape index (κ1) is 20.4. The predicted octanol–water partition coefficient (Wildman–Crippen LogP) is 6.04. The fourth-order valence-corrected chi connectivity index (χ4v) is 3.26. The van der Waals surface area contributed by atoms with Crippen LogP contribution in [0.15, 0.2) is 54.6 Å². The van der Waals surface area contributed by atoms with Gasteiger partial charge in [0.05, 0.1) is 6.54 Å². The van der Waals surface area contributed by atoms with E-state index in [0.717, 1.165) is 34.2 Å². The molecule has 0 aliphatic rings. The number of aryl methyl sites for hydroxylation is 2. The lowest BCUT2D eigenvalue weighted by Crippen LogP contribution is -2.19. The molecule has 3 aromatic rings. The van der Waals surface area contributed by atoms with Gasteiger partial charge in [-0.15, -0.1) is 0 Å². The normalized spacial score (nSPS) is 10.7. The molecule has 6 heteroatoms. The van der Waals surface area contributed by atoms with Crippen LogP contribution in [-0.4, -0.2) is 14.9 Å². The molecule has 28 heavy (non-hydrogen) atoms. The highest BCUT2D eigenvalue weighted by Crippen LogP contribution is 2.15. The van der Waals surface area contributed by atoms with Gasteiger partial charge in [-0.1, -0.05) is 49.2 Å². The molecular weight excluding hydrogens is 388 g/mol. The first-order valence-corrected chi connectivity index (χ1v) is 10.3. The molecule has 3 rings (SSSR count). The maximum Gasteiger partial charge on any atom is 0.176 e. The van der Waals surface area contributed by atoms with Gasteiger partial charge in [-0.05, 0) is 67.4 Å². The van der Waals surface area contributed by atoms with Gasteiger partial charge in [-0.2, -0.15) is 5.10 Å². The number of hydrogen-bond acceptors (Lipinski definition) is 2. The number of unbranched alkanes of at least 4 members (excludes halogenated alkanes) is 1. The molecule has 0 unspecified atom stereocenters. The molecule has 1 heterocycles. The van der Waals surface area contributed by atoms with E-state index < -0.39 is 0 Å². The fourth-order valence-electron chi connectivity index (χ4n) is 2.91. The number of nitrogens with zero attached hydrogens (tertiary/aromatic N) is 2. The Morgan fingerprint density at radius 2 is 1.71 bits per heavy atom. The summed E-state index contributed by atoms with van der Waals surface area (Å²) in [5, 5.41) is 12.2. The van der Waals surface area contributed by atoms with E-state index in [4.69, 9.17) is 23.8 Å². The standard InChI is InChI=1S/C22H25ClN4S/c1-3-4-5-17-8-12-20(13-9-17)24-22(28)25-21-14-16(2)27(26-21)15-18-6-10-19(23)11-7-18/h6-14H,3-5,15H2,1-2H3,(H2,24,25,26,28). The van der Waals surface area contributed by atoms with Gasteiger partial charge in [0.15, 0.2) is 10.9 Å². The molecule has 0 atom stereocenters. The Morgan fingerprint density at radius 1 is 1.04 bits per heavy atom. The summed E-state index contributed by atoms with van der Waals surface area (Å²) in [5.41, 5.74) is 4.52. The van der Waals surface area contributed by atoms with E-state index in [2.05, 4.69) is 46.9 Å². The minimum absolute atomic E-state index is 0.525. The number of rotatable bonds is 7. The number of halogens is 1. The second-order valence-electron chi connectivity index (χ2n) is 6.83. The van der Waals surface area contributed by atoms with Crippen LogP contribution in [0.4, 0.5) is 11.5 Å². The van der Waals surface area contributed by atoms with Gasteiger partial charge < -0.3 is 10.6 Å². The molecule has 0 spiro atoms. The first-order chi connectivity index (χ1) is 13.5. The lowest BCUT2D eigenvalue weighted by Gasteiger charge is -2.09. The first-order valence-electron chi connectivity index (χ1n) is 9.49. The molecule has 1 aromatic heterocycles. The molecule has 0 amide bonds. The van der Waals surface area contributed by atoms with Crippen LogP contribution in [0, 0.1) is 6.92 Å². The summed E-state index contributed by atoms with van der Waals surface area (Å²) >= 11 is 11.4. The quantitative estimate of drug-likeness (QED) is 0.464. The van der Waals surface area contributed by atoms with Gasteiger partial charge in [-0.25, -0.2) is 0 Å². The Labute approximate surface area is 176 Å². The lowest BCUT2D eigenvalue weighted by molar-refractivity contribution is 0.668. The average Bonchev–Trinajstić information content (AvgIpc) is 3.01. The number of hydrogen-bond donors (Lipinski definition) is 2. The molecule has 4 nitrogen and oxygen atoms in total. The second-order valence-corrected chi connectivity index (χ2v) is 7.68. The highest BCUT2D eigenvalue weighted by molar-refractivity contribution is 7.80. The summed E-state index contributed by atoms with van der Waals surface area (Å²) in [5.74, 6) is 0.725. The molecule has 0 bridgehead atoms. The smallest absolute Gasteiger partial charge is 0.176 e. The molecule has 0 aliphatic heterocycles. The van der Waals surface area contributed by atoms with E-state index in [1.807, 2.05) is 41.9 Å². The predicted molar refractivity (Wildman–Crippen MR) is 122 cm³/mol. The Hall–Kier alpha value is -2.37. The van der Waals surface area contributed by atoms with Gasteiger partial charge in [0.25, 0.3) is 0 Å². The summed E-state index contributed by atoms with van der Waals surface area (Å²) in [6.07, 6.45) is 3.53. The van der Waals surface area contributed by atoms with Gasteiger partial charge >= 0.3 is 0 Å². The van der Waals surface area contributed by atoms with Crippen molar-refractivity contribution in [1.82, 2.24) is 9.78 Å². The van der Waals surface area contributed by atoms with Crippen molar-refractivity contribution in [3.8, 4) is 0 Å². The number of benzene rings is 2. The Balaban J connectivity index is 1.57. The third kappa shape index (κ3) is 5.81. The second kappa shape index (κ2) is 9.71. The van der Waals surface area contributed by atoms with Gasteiger partial charge in [-0.3, -0.25) is 4.68 Å². The van der Waals surface area contributed by atoms with E-state index in [1.165, 1.54) is 18.4 Å². The molecule has 0 saturated heterocycles. The highest BCUT2D eigenvalue weighted by atomic mass is 35.5. The molecule has 146 valence electrons. The zero-order valence-corrected chi connectivity index (χ0v) is 17.8. The van der Waals surface area contributed by atoms with E-state index in [1.54, 1.807) is 0 Å². The van der Waals surface area contributed by atoms with Crippen molar-refractivity contribution in [3.05, 3.63) is 76.4 Å². The topological polar surface area (TPSA) is 41.9 Å². The Bertz CT molecular complexity index is 917. The van der Waals surface area contributed by atoms with E-state index >= 15 is 0 Å². The van der Waals surface area contributed by atoms with E-state index in [9.17, 15) is 0 Å². The Morgan fingerprint density at radius 3 is 2.39 bits per heavy atom. The summed E-state index contributed by atoms with van der Waals surface area (Å²) in [7, 11) is 0. The molecular formula is C22H25ClN4S. The summed E-state index contributed by atoms with van der Waals surface area (Å²) in [4.78, 5) is 0. The molecule has 2 aromatic carbocycles. The highest BCUT2D eigenvalue weighted by Gasteiger charge is 2.07. The summed E-state index contributed by atoms with van der Waals surface area (Å²) in [6.45, 7) is 4.92. The van der Waals surface area contributed by atoms with Gasteiger partial charge in [0.2, 0.25) is 0 Å². The summed E-state index contributed by atoms with van der Waals surface area (Å²) < 4.78 is 1.94. The molecule has 0 aliphatic carbocycles. The molecule has 0 saturated carbocycles. The van der Waals surface area contributed by atoms with Crippen molar-refractivity contribution in [3.63, 3.8) is 0 Å². The Kier molecular flexibility index (Phi) is 7.06. The zero-order chi connectivity index (χ0) is 19.9. The van der Waals surface area contributed by atoms with Crippen molar-refractivity contribution in [2.45, 2.75) is 39.7 Å². The fraction of sp³-hybridized carbons (Fsp3) is 0.273. The molecule has 0 fully saturated rings. The van der Waals surface area contributed by atoms with E-state index in [-0.39, 0.29) is 0 Å². The van der Waals surface area contributed by atoms with Crippen molar-refractivity contribution < 1.29 is 0 Å². The largest absolute Gasteiger partial charge is 0.332 e. The van der Waals surface area contributed by atoms with Crippen molar-refractivity contribution >= 4 is 40.4 Å². The SMILES string of the molecule is CCCCc1ccc(NC(=S)Nc2cc(C)n(Cc3ccc(Cl)cc3)n2)cc1. The lowest BCUT2D eigenvalue weighted by atomic mass is 10.1. The van der Waals surface area contributed by atoms with Crippen molar-refractivity contribution in [2.24, 2.45) is 0 Å². The van der Waals surface area contributed by atoms with Crippen LogP contribution < -0.4 is 10.6 Å². The zero-order valence-electron chi connectivity index (χ0n) is 16.2. The van der Waals surface area contributed by atoms with Gasteiger partial charge in [0, 0.05) is 22.5 Å². The maximum absolute atomic E-state index is 5.95. The minimum Gasteiger partial charge on any atom is -0.332 e. The third-order valence-corrected chi connectivity index (χ3v) is 4.96. The number of nitrogens with one attached hydrogen (secondary N) is 2. The van der Waals surface area contributed by atoms with Gasteiger partial charge in [0.1, 0.15) is 0 Å². The van der Waals surface area contributed by atoms with Crippen LogP contribution in [0.3, 0.4) is 0 Å². The maximum atomic E-state index is 5.95. The van der Waals surface area contributed by atoms with Crippen LogP contribution >= 0.6 is 23.8 Å². The van der Waals surface area contributed by atoms with Crippen LogP contribution in [0.25, 0.3) is 0 Å². The number of anilines is 2. The summed E-state index contributed by atoms with van der Waals surface area (Å²) in [6, 6.07) is 18.2. The number of aromatic nitrogens is 2. The minimum atomic E-state index is 0.525. The van der Waals surface area contributed by atoms with Crippen LogP contribution in [-0.2, 0) is 13.0 Å². The van der Waals surface area contributed by atoms with E-state index in [0.29, 0.717) is 11.7 Å². The molecule has 0 radical (unpaired) electrons. The van der Waals surface area contributed by atoms with Crippen LogP contribution in [0.5, 0.6) is 0 Å². The van der Waals surface area contributed by atoms with Crippen LogP contribution in [0.2, 0.25) is 5.02 Å². The van der Waals surface area contributed by atoms with Crippen LogP contribution in [0.1, 0.15) is 36.6 Å². The third-order valence-electron chi connectivity index (χ3n) is 4.50. The molecule has 2 N–H and O–H groups in total. The number of thiocarbonyl (C=S) groups is 1. The monoisotopic (exact) mass is 412 g/mol.